The van der Waals surface area contributed by atoms with Crippen LogP contribution in [0.5, 0.6) is 0 Å². The fraction of sp³-hybridized carbons (Fsp3) is 0.379. The largest absolute Gasteiger partial charge is 0.464 e. The number of halogens is 1. The van der Waals surface area contributed by atoms with Crippen molar-refractivity contribution in [1.29, 1.82) is 0 Å². The van der Waals surface area contributed by atoms with Crippen LogP contribution >= 0.6 is 11.6 Å². The van der Waals surface area contributed by atoms with E-state index in [1.807, 2.05) is 49.4 Å². The van der Waals surface area contributed by atoms with E-state index < -0.39 is 0 Å². The highest BCUT2D eigenvalue weighted by Gasteiger charge is 2.24. The number of furan rings is 1. The number of aryl methyl sites for hydroxylation is 1. The molecule has 2 aromatic carbocycles. The number of rotatable bonds is 11. The lowest BCUT2D eigenvalue weighted by Crippen LogP contribution is -2.48. The summed E-state index contributed by atoms with van der Waals surface area (Å²) in [5, 5.41) is 3.42. The minimum Gasteiger partial charge on any atom is -0.464 e. The number of morpholine rings is 1. The van der Waals surface area contributed by atoms with E-state index in [0.29, 0.717) is 62.3 Å². The first kappa shape index (κ1) is 27.7. The van der Waals surface area contributed by atoms with E-state index in [2.05, 4.69) is 10.2 Å². The first-order chi connectivity index (χ1) is 18.5. The number of hydrogen-bond donors (Lipinski definition) is 1. The molecule has 0 atom stereocenters. The third-order valence-electron chi connectivity index (χ3n) is 6.49. The molecule has 38 heavy (non-hydrogen) atoms. The molecule has 2 heterocycles. The second-order valence-electron chi connectivity index (χ2n) is 9.38. The van der Waals surface area contributed by atoms with Gasteiger partial charge in [0.1, 0.15) is 18.1 Å². The summed E-state index contributed by atoms with van der Waals surface area (Å²) < 4.78 is 11.2. The SMILES string of the molecule is Cc1ccc(CN(CCc2ccccc2)C(=O)CN(CCN2CCOCC2)C(=O)Nc2cccc(Cl)c2)o1. The van der Waals surface area contributed by atoms with Crippen molar-refractivity contribution < 1.29 is 18.7 Å². The summed E-state index contributed by atoms with van der Waals surface area (Å²) in [5.74, 6) is 1.37. The number of hydrogen-bond acceptors (Lipinski definition) is 5. The molecule has 8 nitrogen and oxygen atoms in total. The van der Waals surface area contributed by atoms with Gasteiger partial charge in [-0.15, -0.1) is 0 Å². The highest BCUT2D eigenvalue weighted by atomic mass is 35.5. The molecule has 0 aliphatic carbocycles. The average molecular weight is 539 g/mol. The average Bonchev–Trinajstić information content (AvgIpc) is 3.34. The predicted octanol–water partition coefficient (Wildman–Crippen LogP) is 4.68. The lowest BCUT2D eigenvalue weighted by atomic mass is 10.1. The van der Waals surface area contributed by atoms with Crippen LogP contribution in [0.15, 0.2) is 71.1 Å². The maximum Gasteiger partial charge on any atom is 0.322 e. The summed E-state index contributed by atoms with van der Waals surface area (Å²) in [7, 11) is 0. The van der Waals surface area contributed by atoms with Crippen LogP contribution in [0.3, 0.4) is 0 Å². The van der Waals surface area contributed by atoms with Crippen LogP contribution in [0, 0.1) is 6.92 Å². The van der Waals surface area contributed by atoms with Crippen molar-refractivity contribution >= 4 is 29.2 Å². The van der Waals surface area contributed by atoms with E-state index >= 15 is 0 Å². The van der Waals surface area contributed by atoms with Crippen LogP contribution in [-0.2, 0) is 22.5 Å². The second kappa shape index (κ2) is 14.0. The number of anilines is 1. The molecule has 0 saturated carbocycles. The van der Waals surface area contributed by atoms with Crippen molar-refractivity contribution in [2.24, 2.45) is 0 Å². The smallest absolute Gasteiger partial charge is 0.322 e. The van der Waals surface area contributed by atoms with Crippen LogP contribution in [-0.4, -0.2) is 79.1 Å². The highest BCUT2D eigenvalue weighted by Crippen LogP contribution is 2.16. The molecule has 3 amide bonds. The van der Waals surface area contributed by atoms with Gasteiger partial charge in [-0.1, -0.05) is 48.0 Å². The number of nitrogens with zero attached hydrogens (tertiary/aromatic N) is 3. The summed E-state index contributed by atoms with van der Waals surface area (Å²) in [4.78, 5) is 32.6. The van der Waals surface area contributed by atoms with Crippen LogP contribution in [0.2, 0.25) is 5.02 Å². The van der Waals surface area contributed by atoms with Gasteiger partial charge in [0.05, 0.1) is 19.8 Å². The molecule has 1 fully saturated rings. The van der Waals surface area contributed by atoms with Gasteiger partial charge in [0.25, 0.3) is 0 Å². The zero-order valence-corrected chi connectivity index (χ0v) is 22.5. The van der Waals surface area contributed by atoms with E-state index in [0.717, 1.165) is 24.4 Å². The summed E-state index contributed by atoms with van der Waals surface area (Å²) in [6.07, 6.45) is 0.703. The molecule has 0 bridgehead atoms. The summed E-state index contributed by atoms with van der Waals surface area (Å²) in [6, 6.07) is 20.5. The van der Waals surface area contributed by atoms with Crippen molar-refractivity contribution in [3.8, 4) is 0 Å². The number of carbonyl (C=O) groups excluding carboxylic acids is 2. The zero-order chi connectivity index (χ0) is 26.7. The topological polar surface area (TPSA) is 78.3 Å². The minimum absolute atomic E-state index is 0.0504. The van der Waals surface area contributed by atoms with Crippen molar-refractivity contribution in [2.75, 3.05) is 57.8 Å². The zero-order valence-electron chi connectivity index (χ0n) is 21.8. The van der Waals surface area contributed by atoms with Gasteiger partial charge in [-0.2, -0.15) is 0 Å². The number of ether oxygens (including phenoxy) is 1. The van der Waals surface area contributed by atoms with E-state index in [1.54, 1.807) is 34.1 Å². The molecule has 4 rings (SSSR count). The van der Waals surface area contributed by atoms with Gasteiger partial charge in [0, 0.05) is 43.4 Å². The molecule has 9 heteroatoms. The van der Waals surface area contributed by atoms with Crippen molar-refractivity contribution in [1.82, 2.24) is 14.7 Å². The van der Waals surface area contributed by atoms with Crippen LogP contribution in [0.1, 0.15) is 17.1 Å². The summed E-state index contributed by atoms with van der Waals surface area (Å²) >= 11 is 6.11. The predicted molar refractivity (Wildman–Crippen MR) is 148 cm³/mol. The Morgan fingerprint density at radius 2 is 1.76 bits per heavy atom. The third kappa shape index (κ3) is 8.62. The standard InChI is InChI=1S/C29H35ClN4O4/c1-23-10-11-27(38-23)21-33(13-12-24-6-3-2-4-7-24)28(35)22-34(15-14-32-16-18-37-19-17-32)29(36)31-26-9-5-8-25(30)20-26/h2-11,20H,12-19,21-22H2,1H3,(H,31,36). The normalized spacial score (nSPS) is 13.7. The Hall–Kier alpha value is -3.33. The summed E-state index contributed by atoms with van der Waals surface area (Å²) in [6.45, 7) is 6.69. The van der Waals surface area contributed by atoms with Gasteiger partial charge < -0.3 is 24.3 Å². The van der Waals surface area contributed by atoms with Gasteiger partial charge in [0.15, 0.2) is 0 Å². The lowest BCUT2D eigenvalue weighted by Gasteiger charge is -2.31. The Balaban J connectivity index is 1.47. The molecule has 1 aliphatic heterocycles. The van der Waals surface area contributed by atoms with Gasteiger partial charge in [0.2, 0.25) is 5.91 Å². The molecule has 0 radical (unpaired) electrons. The monoisotopic (exact) mass is 538 g/mol. The lowest BCUT2D eigenvalue weighted by molar-refractivity contribution is -0.132. The minimum atomic E-state index is -0.342. The number of amides is 3. The van der Waals surface area contributed by atoms with Crippen molar-refractivity contribution in [3.63, 3.8) is 0 Å². The molecule has 1 aromatic heterocycles. The fourth-order valence-electron chi connectivity index (χ4n) is 4.33. The molecular formula is C29H35ClN4O4. The van der Waals surface area contributed by atoms with Crippen molar-refractivity contribution in [3.05, 3.63) is 88.8 Å². The Morgan fingerprint density at radius 1 is 0.974 bits per heavy atom. The van der Waals surface area contributed by atoms with Gasteiger partial charge in [-0.25, -0.2) is 4.79 Å². The Bertz CT molecular complexity index is 1180. The maximum absolute atomic E-state index is 13.7. The second-order valence-corrected chi connectivity index (χ2v) is 9.82. The maximum atomic E-state index is 13.7. The quantitative estimate of drug-likeness (QED) is 0.383. The van der Waals surface area contributed by atoms with E-state index in [9.17, 15) is 9.59 Å². The number of carbonyl (C=O) groups is 2. The molecule has 202 valence electrons. The first-order valence-electron chi connectivity index (χ1n) is 12.9. The van der Waals surface area contributed by atoms with Crippen LogP contribution in [0.25, 0.3) is 0 Å². The van der Waals surface area contributed by atoms with Gasteiger partial charge >= 0.3 is 6.03 Å². The molecule has 0 spiro atoms. The third-order valence-corrected chi connectivity index (χ3v) is 6.72. The molecule has 1 aliphatic rings. The summed E-state index contributed by atoms with van der Waals surface area (Å²) in [5.41, 5.74) is 1.72. The first-order valence-corrected chi connectivity index (χ1v) is 13.3. The molecule has 1 N–H and O–H groups in total. The van der Waals surface area contributed by atoms with Gasteiger partial charge in [-0.05, 0) is 49.2 Å². The van der Waals surface area contributed by atoms with E-state index in [-0.39, 0.29) is 18.5 Å². The molecular weight excluding hydrogens is 504 g/mol. The number of benzene rings is 2. The van der Waals surface area contributed by atoms with Gasteiger partial charge in [-0.3, -0.25) is 9.69 Å². The molecule has 3 aromatic rings. The highest BCUT2D eigenvalue weighted by molar-refractivity contribution is 6.30. The Morgan fingerprint density at radius 3 is 2.47 bits per heavy atom. The molecule has 1 saturated heterocycles. The van der Waals surface area contributed by atoms with Crippen LogP contribution in [0.4, 0.5) is 10.5 Å². The molecule has 0 unspecified atom stereocenters. The van der Waals surface area contributed by atoms with E-state index in [4.69, 9.17) is 20.8 Å². The Kier molecular flexibility index (Phi) is 10.2. The van der Waals surface area contributed by atoms with Crippen LogP contribution < -0.4 is 5.32 Å². The number of urea groups is 1. The fourth-order valence-corrected chi connectivity index (χ4v) is 4.52. The van der Waals surface area contributed by atoms with Crippen molar-refractivity contribution in [2.45, 2.75) is 19.9 Å². The number of nitrogens with one attached hydrogen (secondary N) is 1. The van der Waals surface area contributed by atoms with E-state index in [1.165, 1.54) is 0 Å². The Labute approximate surface area is 229 Å².